The summed E-state index contributed by atoms with van der Waals surface area (Å²) in [5.41, 5.74) is 7.66. The molecule has 5 nitrogen and oxygen atoms in total. The average Bonchev–Trinajstić information content (AvgIpc) is 2.55. The zero-order valence-corrected chi connectivity index (χ0v) is 12.8. The molecule has 2 rings (SSSR count). The van der Waals surface area contributed by atoms with Crippen molar-refractivity contribution in [2.24, 2.45) is 0 Å². The van der Waals surface area contributed by atoms with Gasteiger partial charge in [-0.2, -0.15) is 0 Å². The highest BCUT2D eigenvalue weighted by Crippen LogP contribution is 2.32. The van der Waals surface area contributed by atoms with Crippen LogP contribution in [0.3, 0.4) is 0 Å². The summed E-state index contributed by atoms with van der Waals surface area (Å²) >= 11 is 0. The summed E-state index contributed by atoms with van der Waals surface area (Å²) in [6, 6.07) is 8.06. The number of rotatable bonds is 6. The van der Waals surface area contributed by atoms with Crippen molar-refractivity contribution in [3.8, 4) is 17.2 Å². The standard InChI is InChI=1S/C16H19FN2O3/c1-20-12-5-4-10(14(8-12)21-2)9-19-13-6-11(17)7-15(22-3)16(13)18/h4-8,19H,9,18H2,1-3H3. The van der Waals surface area contributed by atoms with Crippen LogP contribution >= 0.6 is 0 Å². The molecule has 6 heteroatoms. The molecule has 0 atom stereocenters. The van der Waals surface area contributed by atoms with E-state index in [1.807, 2.05) is 12.1 Å². The van der Waals surface area contributed by atoms with Gasteiger partial charge >= 0.3 is 0 Å². The highest BCUT2D eigenvalue weighted by molar-refractivity contribution is 5.73. The average molecular weight is 306 g/mol. The zero-order valence-electron chi connectivity index (χ0n) is 12.8. The van der Waals surface area contributed by atoms with Crippen molar-refractivity contribution < 1.29 is 18.6 Å². The van der Waals surface area contributed by atoms with Gasteiger partial charge in [0.25, 0.3) is 0 Å². The van der Waals surface area contributed by atoms with Crippen molar-refractivity contribution in [2.45, 2.75) is 6.54 Å². The second-order valence-corrected chi connectivity index (χ2v) is 4.60. The van der Waals surface area contributed by atoms with E-state index in [0.717, 1.165) is 5.56 Å². The number of nitrogen functional groups attached to an aromatic ring is 1. The molecule has 0 aliphatic heterocycles. The fraction of sp³-hybridized carbons (Fsp3) is 0.250. The van der Waals surface area contributed by atoms with Gasteiger partial charge in [-0.1, -0.05) is 0 Å². The second-order valence-electron chi connectivity index (χ2n) is 4.60. The Balaban J connectivity index is 2.22. The third kappa shape index (κ3) is 3.33. The topological polar surface area (TPSA) is 65.7 Å². The second kappa shape index (κ2) is 6.89. The fourth-order valence-electron chi connectivity index (χ4n) is 2.10. The maximum atomic E-state index is 13.5. The first-order valence-corrected chi connectivity index (χ1v) is 6.66. The van der Waals surface area contributed by atoms with Gasteiger partial charge in [-0.25, -0.2) is 4.39 Å². The molecular formula is C16H19FN2O3. The van der Waals surface area contributed by atoms with Crippen molar-refractivity contribution in [3.05, 3.63) is 41.7 Å². The first-order valence-electron chi connectivity index (χ1n) is 6.66. The third-order valence-corrected chi connectivity index (χ3v) is 3.29. The Bertz CT molecular complexity index is 662. The Morgan fingerprint density at radius 3 is 2.36 bits per heavy atom. The summed E-state index contributed by atoms with van der Waals surface area (Å²) in [7, 11) is 4.62. The summed E-state index contributed by atoms with van der Waals surface area (Å²) in [4.78, 5) is 0. The Morgan fingerprint density at radius 2 is 1.73 bits per heavy atom. The lowest BCUT2D eigenvalue weighted by molar-refractivity contribution is 0.391. The number of methoxy groups -OCH3 is 3. The van der Waals surface area contributed by atoms with Crippen molar-refractivity contribution in [2.75, 3.05) is 32.4 Å². The number of anilines is 2. The number of benzene rings is 2. The van der Waals surface area contributed by atoms with E-state index in [-0.39, 0.29) is 0 Å². The van der Waals surface area contributed by atoms with Crippen molar-refractivity contribution in [1.82, 2.24) is 0 Å². The zero-order chi connectivity index (χ0) is 16.1. The summed E-state index contributed by atoms with van der Waals surface area (Å²) in [6.45, 7) is 0.421. The third-order valence-electron chi connectivity index (χ3n) is 3.29. The molecule has 0 aromatic heterocycles. The Morgan fingerprint density at radius 1 is 1.00 bits per heavy atom. The number of hydrogen-bond donors (Lipinski definition) is 2. The van der Waals surface area contributed by atoms with E-state index < -0.39 is 5.82 Å². The minimum absolute atomic E-state index is 0.296. The molecule has 3 N–H and O–H groups in total. The number of nitrogens with two attached hydrogens (primary N) is 1. The smallest absolute Gasteiger partial charge is 0.146 e. The van der Waals surface area contributed by atoms with E-state index in [9.17, 15) is 4.39 Å². The van der Waals surface area contributed by atoms with Gasteiger partial charge in [-0.3, -0.25) is 0 Å². The maximum absolute atomic E-state index is 13.5. The highest BCUT2D eigenvalue weighted by atomic mass is 19.1. The lowest BCUT2D eigenvalue weighted by Crippen LogP contribution is -2.06. The number of hydrogen-bond acceptors (Lipinski definition) is 5. The molecule has 0 saturated heterocycles. The van der Waals surface area contributed by atoms with Gasteiger partial charge in [-0.15, -0.1) is 0 Å². The van der Waals surface area contributed by atoms with Crippen LogP contribution in [0.1, 0.15) is 5.56 Å². The molecule has 118 valence electrons. The van der Waals surface area contributed by atoms with Crippen molar-refractivity contribution in [3.63, 3.8) is 0 Å². The summed E-state index contributed by atoms with van der Waals surface area (Å²) in [5.74, 6) is 1.25. The molecule has 0 aliphatic carbocycles. The molecule has 22 heavy (non-hydrogen) atoms. The molecule has 0 radical (unpaired) electrons. The SMILES string of the molecule is COc1ccc(CNc2cc(F)cc(OC)c2N)c(OC)c1. The van der Waals surface area contributed by atoms with Gasteiger partial charge in [0.2, 0.25) is 0 Å². The number of halogens is 1. The summed E-state index contributed by atoms with van der Waals surface area (Å²) in [6.07, 6.45) is 0. The summed E-state index contributed by atoms with van der Waals surface area (Å²) < 4.78 is 29.1. The van der Waals surface area contributed by atoms with Gasteiger partial charge in [0.15, 0.2) is 0 Å². The molecule has 2 aromatic rings. The molecule has 0 fully saturated rings. The summed E-state index contributed by atoms with van der Waals surface area (Å²) in [5, 5.41) is 3.09. The highest BCUT2D eigenvalue weighted by Gasteiger charge is 2.10. The van der Waals surface area contributed by atoms with Gasteiger partial charge in [-0.05, 0) is 18.2 Å². The predicted molar refractivity (Wildman–Crippen MR) is 84.2 cm³/mol. The van der Waals surface area contributed by atoms with Crippen molar-refractivity contribution in [1.29, 1.82) is 0 Å². The quantitative estimate of drug-likeness (QED) is 0.803. The molecule has 0 heterocycles. The predicted octanol–water partition coefficient (Wildman–Crippen LogP) is 3.05. The Labute approximate surface area is 128 Å². The van der Waals surface area contributed by atoms with Gasteiger partial charge in [0, 0.05) is 24.2 Å². The van der Waals surface area contributed by atoms with Crippen LogP contribution in [0.25, 0.3) is 0 Å². The lowest BCUT2D eigenvalue weighted by atomic mass is 10.1. The minimum Gasteiger partial charge on any atom is -0.497 e. The van der Waals surface area contributed by atoms with Crippen LogP contribution in [0.5, 0.6) is 17.2 Å². The van der Waals surface area contributed by atoms with Crippen LogP contribution in [-0.4, -0.2) is 21.3 Å². The molecule has 0 aliphatic rings. The normalized spacial score (nSPS) is 10.2. The molecular weight excluding hydrogens is 287 g/mol. The van der Waals surface area contributed by atoms with Crippen LogP contribution in [-0.2, 0) is 6.54 Å². The van der Waals surface area contributed by atoms with Crippen molar-refractivity contribution >= 4 is 11.4 Å². The first kappa shape index (κ1) is 15.8. The van der Waals surface area contributed by atoms with Crippen LogP contribution in [0.15, 0.2) is 30.3 Å². The number of nitrogens with one attached hydrogen (secondary N) is 1. The van der Waals surface area contributed by atoms with Crippen LogP contribution in [0.2, 0.25) is 0 Å². The van der Waals surface area contributed by atoms with Gasteiger partial charge in [0.1, 0.15) is 23.1 Å². The largest absolute Gasteiger partial charge is 0.497 e. The molecule has 0 spiro atoms. The Hall–Kier alpha value is -2.63. The van der Waals surface area contributed by atoms with Gasteiger partial charge in [0.05, 0.1) is 32.7 Å². The number of ether oxygens (including phenoxy) is 3. The van der Waals surface area contributed by atoms with E-state index in [1.54, 1.807) is 20.3 Å². The molecule has 2 aromatic carbocycles. The van der Waals surface area contributed by atoms with E-state index in [2.05, 4.69) is 5.32 Å². The monoisotopic (exact) mass is 306 g/mol. The van der Waals surface area contributed by atoms with Gasteiger partial charge < -0.3 is 25.3 Å². The minimum atomic E-state index is -0.421. The Kier molecular flexibility index (Phi) is 4.93. The first-order chi connectivity index (χ1) is 10.6. The van der Waals surface area contributed by atoms with E-state index >= 15 is 0 Å². The maximum Gasteiger partial charge on any atom is 0.146 e. The molecule has 0 saturated carbocycles. The van der Waals surface area contributed by atoms with Crippen LogP contribution < -0.4 is 25.3 Å². The van der Waals surface area contributed by atoms with E-state index in [1.165, 1.54) is 19.2 Å². The van der Waals surface area contributed by atoms with Crippen LogP contribution in [0.4, 0.5) is 15.8 Å². The van der Waals surface area contributed by atoms with Crippen LogP contribution in [0, 0.1) is 5.82 Å². The van der Waals surface area contributed by atoms with E-state index in [4.69, 9.17) is 19.9 Å². The molecule has 0 bridgehead atoms. The fourth-order valence-corrected chi connectivity index (χ4v) is 2.10. The molecule has 0 unspecified atom stereocenters. The van der Waals surface area contributed by atoms with E-state index in [0.29, 0.717) is 35.2 Å². The lowest BCUT2D eigenvalue weighted by Gasteiger charge is -2.15. The molecule has 0 amide bonds.